The van der Waals surface area contributed by atoms with Crippen molar-refractivity contribution >= 4 is 50.2 Å². The summed E-state index contributed by atoms with van der Waals surface area (Å²) >= 11 is 2.55. The molecule has 2 bridgehead atoms. The second-order valence-corrected chi connectivity index (χ2v) is 28.8. The number of anilines is 1. The van der Waals surface area contributed by atoms with E-state index in [0.717, 1.165) is 66.3 Å². The highest BCUT2D eigenvalue weighted by atomic mass is 127. The highest BCUT2D eigenvalue weighted by Crippen LogP contribution is 2.49. The smallest absolute Gasteiger partial charge is 0.213 e. The quantitative estimate of drug-likeness (QED) is 0.0623. The van der Waals surface area contributed by atoms with E-state index in [-0.39, 0.29) is 0 Å². The first-order chi connectivity index (χ1) is 21.9. The molecule has 6 rings (SSSR count). The predicted molar refractivity (Wildman–Crippen MR) is 200 cm³/mol. The molecule has 0 saturated heterocycles. The van der Waals surface area contributed by atoms with Crippen molar-refractivity contribution in [3.8, 4) is 17.0 Å². The minimum Gasteiger partial charge on any atom is -0.477 e. The topological polar surface area (TPSA) is 74.0 Å². The van der Waals surface area contributed by atoms with Crippen LogP contribution in [0.4, 0.5) is 5.82 Å². The number of pyridine rings is 1. The molecule has 46 heavy (non-hydrogen) atoms. The summed E-state index contributed by atoms with van der Waals surface area (Å²) in [5, 5.41) is 4.98. The van der Waals surface area contributed by atoms with Gasteiger partial charge in [0.25, 0.3) is 0 Å². The summed E-state index contributed by atoms with van der Waals surface area (Å²) in [6.45, 7) is 17.6. The SMILES string of the molecule is C[Si](C)(C)CCOCN(COCC[Si](C)(C)C)c1c(I)c(C2C[C@H]3CC[C@@H](C2)C3)nc2c(-c3ccc(OCC4CC4)nc3)cnn12. The maximum absolute atomic E-state index is 6.41. The number of nitrogens with zero attached hydrogens (tertiary/aromatic N) is 5. The largest absolute Gasteiger partial charge is 0.477 e. The highest BCUT2D eigenvalue weighted by molar-refractivity contribution is 14.1. The van der Waals surface area contributed by atoms with Crippen LogP contribution in [0.1, 0.15) is 56.6 Å². The molecular weight excluding hydrogens is 721 g/mol. The van der Waals surface area contributed by atoms with E-state index in [0.29, 0.717) is 31.2 Å². The zero-order chi connectivity index (χ0) is 32.5. The van der Waals surface area contributed by atoms with Gasteiger partial charge in [0.1, 0.15) is 13.5 Å². The Morgan fingerprint density at radius 2 is 1.52 bits per heavy atom. The summed E-state index contributed by atoms with van der Waals surface area (Å²) in [6.07, 6.45) is 13.0. The van der Waals surface area contributed by atoms with E-state index in [1.54, 1.807) is 0 Å². The molecule has 0 aliphatic heterocycles. The molecule has 8 nitrogen and oxygen atoms in total. The van der Waals surface area contributed by atoms with Crippen LogP contribution in [0, 0.1) is 21.3 Å². The van der Waals surface area contributed by atoms with Crippen LogP contribution in [0.5, 0.6) is 5.88 Å². The van der Waals surface area contributed by atoms with Gasteiger partial charge in [-0.25, -0.2) is 9.97 Å². The maximum Gasteiger partial charge on any atom is 0.213 e. The molecule has 0 radical (unpaired) electrons. The van der Waals surface area contributed by atoms with Gasteiger partial charge in [-0.1, -0.05) is 52.1 Å². The average Bonchev–Trinajstić information content (AvgIpc) is 3.65. The Kier molecular flexibility index (Phi) is 10.8. The fraction of sp³-hybridized carbons (Fsp3) is 0.686. The summed E-state index contributed by atoms with van der Waals surface area (Å²) in [4.78, 5) is 12.4. The number of ether oxygens (including phenoxy) is 3. The zero-order valence-corrected chi connectivity index (χ0v) is 33.0. The Bertz CT molecular complexity index is 1430. The van der Waals surface area contributed by atoms with Crippen LogP contribution in [0.25, 0.3) is 16.8 Å². The third-order valence-corrected chi connectivity index (χ3v) is 14.3. The van der Waals surface area contributed by atoms with Crippen LogP contribution >= 0.6 is 22.6 Å². The molecule has 3 fully saturated rings. The number of rotatable bonds is 16. The Morgan fingerprint density at radius 3 is 2.09 bits per heavy atom. The molecule has 3 aromatic heterocycles. The van der Waals surface area contributed by atoms with E-state index in [4.69, 9.17) is 24.3 Å². The summed E-state index contributed by atoms with van der Waals surface area (Å²) in [5.41, 5.74) is 4.10. The molecule has 1 unspecified atom stereocenters. The first-order valence-electron chi connectivity index (χ1n) is 17.5. The van der Waals surface area contributed by atoms with Crippen molar-refractivity contribution in [2.75, 3.05) is 38.2 Å². The second kappa shape index (κ2) is 14.5. The van der Waals surface area contributed by atoms with Crippen LogP contribution in [-0.4, -0.2) is 69.0 Å². The molecule has 0 amide bonds. The molecule has 252 valence electrons. The fourth-order valence-corrected chi connectivity index (χ4v) is 9.48. The Morgan fingerprint density at radius 1 is 0.870 bits per heavy atom. The van der Waals surface area contributed by atoms with Crippen molar-refractivity contribution < 1.29 is 14.2 Å². The maximum atomic E-state index is 6.41. The molecule has 3 saturated carbocycles. The molecular formula is C35H54IN5O3Si2. The minimum atomic E-state index is -1.21. The van der Waals surface area contributed by atoms with E-state index in [9.17, 15) is 0 Å². The molecule has 3 heterocycles. The highest BCUT2D eigenvalue weighted by Gasteiger charge is 2.37. The molecule has 3 atom stereocenters. The third kappa shape index (κ3) is 8.92. The van der Waals surface area contributed by atoms with Gasteiger partial charge in [-0.3, -0.25) is 0 Å². The normalized spacial score (nSPS) is 21.7. The van der Waals surface area contributed by atoms with Gasteiger partial charge in [-0.2, -0.15) is 9.61 Å². The van der Waals surface area contributed by atoms with E-state index in [2.05, 4.69) is 77.8 Å². The summed E-state index contributed by atoms with van der Waals surface area (Å²) < 4.78 is 22.0. The molecule has 0 N–H and O–H groups in total. The van der Waals surface area contributed by atoms with Gasteiger partial charge in [-0.15, -0.1) is 0 Å². The number of hydrogen-bond donors (Lipinski definition) is 0. The van der Waals surface area contributed by atoms with E-state index in [1.165, 1.54) is 54.2 Å². The molecule has 0 aromatic carbocycles. The van der Waals surface area contributed by atoms with Crippen LogP contribution in [0.3, 0.4) is 0 Å². The van der Waals surface area contributed by atoms with Crippen molar-refractivity contribution in [2.24, 2.45) is 17.8 Å². The van der Waals surface area contributed by atoms with Gasteiger partial charge in [0.15, 0.2) is 11.5 Å². The van der Waals surface area contributed by atoms with E-state index >= 15 is 0 Å². The first-order valence-corrected chi connectivity index (χ1v) is 26.0. The van der Waals surface area contributed by atoms with Gasteiger partial charge in [0.2, 0.25) is 5.88 Å². The third-order valence-electron chi connectivity index (χ3n) is 9.86. The second-order valence-electron chi connectivity index (χ2n) is 16.5. The van der Waals surface area contributed by atoms with Crippen molar-refractivity contribution in [1.82, 2.24) is 19.6 Å². The lowest BCUT2D eigenvalue weighted by Crippen LogP contribution is -2.34. The monoisotopic (exact) mass is 775 g/mol. The Labute approximate surface area is 291 Å². The van der Waals surface area contributed by atoms with Gasteiger partial charge < -0.3 is 19.1 Å². The molecule has 0 spiro atoms. The van der Waals surface area contributed by atoms with Gasteiger partial charge in [0, 0.05) is 58.7 Å². The van der Waals surface area contributed by atoms with Crippen LogP contribution < -0.4 is 9.64 Å². The summed E-state index contributed by atoms with van der Waals surface area (Å²) in [6, 6.07) is 6.35. The fourth-order valence-electron chi connectivity index (χ4n) is 6.83. The van der Waals surface area contributed by atoms with Gasteiger partial charge in [0.05, 0.1) is 22.1 Å². The van der Waals surface area contributed by atoms with Gasteiger partial charge in [-0.05, 0) is 90.6 Å². The number of aromatic nitrogens is 4. The van der Waals surface area contributed by atoms with Crippen LogP contribution in [-0.2, 0) is 9.47 Å². The zero-order valence-electron chi connectivity index (χ0n) is 28.9. The average molecular weight is 776 g/mol. The van der Waals surface area contributed by atoms with Crippen molar-refractivity contribution in [2.45, 2.75) is 102 Å². The Hall–Kier alpha value is -1.55. The van der Waals surface area contributed by atoms with E-state index < -0.39 is 16.1 Å². The van der Waals surface area contributed by atoms with Crippen LogP contribution in [0.2, 0.25) is 51.4 Å². The standard InChI is InChI=1S/C35H54IN5O3Si2/c1-45(2,3)15-13-42-23-40(24-43-14-16-46(4,5)6)35-32(36)33(29-18-26-9-10-27(17-26)19-29)39-34-30(21-38-41(34)35)28-11-12-31(37-20-28)44-22-25-7-8-25/h11-12,20-21,25-27,29H,7-10,13-19,22-24H2,1-6H3/t26-,27+,29?. The van der Waals surface area contributed by atoms with Crippen molar-refractivity contribution in [1.29, 1.82) is 0 Å². The lowest BCUT2D eigenvalue weighted by atomic mass is 9.79. The van der Waals surface area contributed by atoms with Crippen molar-refractivity contribution in [3.63, 3.8) is 0 Å². The first kappa shape index (κ1) is 34.3. The lowest BCUT2D eigenvalue weighted by Gasteiger charge is -2.31. The van der Waals surface area contributed by atoms with Gasteiger partial charge >= 0.3 is 0 Å². The van der Waals surface area contributed by atoms with Crippen molar-refractivity contribution in [3.05, 3.63) is 33.8 Å². The minimum absolute atomic E-state index is 0.462. The molecule has 3 aliphatic carbocycles. The summed E-state index contributed by atoms with van der Waals surface area (Å²) in [7, 11) is -2.43. The lowest BCUT2D eigenvalue weighted by molar-refractivity contribution is 0.0940. The number of hydrogen-bond acceptors (Lipinski definition) is 7. The predicted octanol–water partition coefficient (Wildman–Crippen LogP) is 8.91. The summed E-state index contributed by atoms with van der Waals surface area (Å²) in [5.74, 6) is 4.52. The molecule has 3 aromatic rings. The van der Waals surface area contributed by atoms with E-state index in [1.807, 2.05) is 23.0 Å². The van der Waals surface area contributed by atoms with Crippen LogP contribution in [0.15, 0.2) is 24.5 Å². The molecule has 3 aliphatic rings. The number of halogens is 1. The Balaban J connectivity index is 1.35. The number of fused-ring (bicyclic) bond motifs is 3. The molecule has 11 heteroatoms.